The van der Waals surface area contributed by atoms with Gasteiger partial charge in [-0.3, -0.25) is 9.89 Å². The number of benzene rings is 1. The van der Waals surface area contributed by atoms with E-state index in [1.807, 2.05) is 41.4 Å². The highest BCUT2D eigenvalue weighted by atomic mass is 16.2. The molecule has 0 spiro atoms. The van der Waals surface area contributed by atoms with Crippen LogP contribution in [0.25, 0.3) is 0 Å². The van der Waals surface area contributed by atoms with E-state index in [0.717, 1.165) is 31.5 Å². The predicted molar refractivity (Wildman–Crippen MR) is 86.6 cm³/mol. The molecule has 1 aliphatic rings. The van der Waals surface area contributed by atoms with Crippen molar-refractivity contribution in [3.63, 3.8) is 0 Å². The Morgan fingerprint density at radius 1 is 1.36 bits per heavy atom. The van der Waals surface area contributed by atoms with Crippen molar-refractivity contribution < 1.29 is 4.79 Å². The zero-order chi connectivity index (χ0) is 15.6. The number of hydrogen-bond acceptors (Lipinski definition) is 2. The van der Waals surface area contributed by atoms with E-state index in [2.05, 4.69) is 24.0 Å². The Labute approximate surface area is 131 Å². The van der Waals surface area contributed by atoms with E-state index in [-0.39, 0.29) is 11.3 Å². The molecule has 0 radical (unpaired) electrons. The lowest BCUT2D eigenvalue weighted by atomic mass is 9.77. The number of piperidine rings is 1. The number of H-pyrrole nitrogens is 1. The third kappa shape index (κ3) is 2.91. The Kier molecular flexibility index (Phi) is 4.01. The zero-order valence-electron chi connectivity index (χ0n) is 13.3. The number of nitrogens with one attached hydrogen (secondary N) is 1. The molecule has 1 aromatic carbocycles. The minimum atomic E-state index is -0.0226. The number of nitrogens with zero attached hydrogens (tertiary/aromatic N) is 2. The summed E-state index contributed by atoms with van der Waals surface area (Å²) in [5.41, 5.74) is 3.41. The van der Waals surface area contributed by atoms with Crippen LogP contribution in [0.4, 0.5) is 0 Å². The van der Waals surface area contributed by atoms with Crippen LogP contribution in [0.5, 0.6) is 0 Å². The van der Waals surface area contributed by atoms with Gasteiger partial charge >= 0.3 is 0 Å². The summed E-state index contributed by atoms with van der Waals surface area (Å²) in [6, 6.07) is 9.97. The van der Waals surface area contributed by atoms with Gasteiger partial charge in [-0.05, 0) is 30.9 Å². The quantitative estimate of drug-likeness (QED) is 0.947. The highest BCUT2D eigenvalue weighted by Crippen LogP contribution is 2.34. The summed E-state index contributed by atoms with van der Waals surface area (Å²) < 4.78 is 0. The van der Waals surface area contributed by atoms with Gasteiger partial charge in [0.1, 0.15) is 0 Å². The summed E-state index contributed by atoms with van der Waals surface area (Å²) in [5.74, 6) is 0.217. The number of aryl methyl sites for hydroxylation is 1. The fourth-order valence-electron chi connectivity index (χ4n) is 3.50. The first-order valence-corrected chi connectivity index (χ1v) is 7.91. The molecule has 22 heavy (non-hydrogen) atoms. The molecular formula is C18H23N3O. The van der Waals surface area contributed by atoms with Crippen LogP contribution >= 0.6 is 0 Å². The van der Waals surface area contributed by atoms with Gasteiger partial charge in [0, 0.05) is 24.2 Å². The van der Waals surface area contributed by atoms with Crippen LogP contribution in [0.2, 0.25) is 0 Å². The molecule has 1 N–H and O–H groups in total. The second-order valence-corrected chi connectivity index (χ2v) is 6.57. The van der Waals surface area contributed by atoms with Crippen LogP contribution in [0, 0.1) is 6.92 Å². The second kappa shape index (κ2) is 5.95. The van der Waals surface area contributed by atoms with Gasteiger partial charge < -0.3 is 4.90 Å². The maximum Gasteiger partial charge on any atom is 0.227 e. The van der Waals surface area contributed by atoms with Gasteiger partial charge in [0.15, 0.2) is 0 Å². The topological polar surface area (TPSA) is 49.0 Å². The second-order valence-electron chi connectivity index (χ2n) is 6.57. The summed E-state index contributed by atoms with van der Waals surface area (Å²) in [7, 11) is 0. The molecule has 3 rings (SSSR count). The molecule has 1 fully saturated rings. The molecule has 0 saturated carbocycles. The number of aromatic nitrogens is 2. The monoisotopic (exact) mass is 297 g/mol. The molecule has 1 unspecified atom stereocenters. The first-order chi connectivity index (χ1) is 10.6. The SMILES string of the molecule is Cc1cn[nH]c1C1(C)CCCN(C(=O)Cc2ccccc2)C1. The molecule has 0 bridgehead atoms. The number of likely N-dealkylation sites (tertiary alicyclic amines) is 1. The summed E-state index contributed by atoms with van der Waals surface area (Å²) in [6.07, 6.45) is 4.48. The Hall–Kier alpha value is -2.10. The van der Waals surface area contributed by atoms with E-state index in [1.165, 1.54) is 11.3 Å². The highest BCUT2D eigenvalue weighted by molar-refractivity contribution is 5.79. The first-order valence-electron chi connectivity index (χ1n) is 7.91. The fourth-order valence-corrected chi connectivity index (χ4v) is 3.50. The molecular weight excluding hydrogens is 274 g/mol. The van der Waals surface area contributed by atoms with E-state index in [0.29, 0.717) is 6.42 Å². The lowest BCUT2D eigenvalue weighted by Gasteiger charge is -2.40. The number of hydrogen-bond donors (Lipinski definition) is 1. The van der Waals surface area contributed by atoms with Crippen molar-refractivity contribution in [1.29, 1.82) is 0 Å². The Morgan fingerprint density at radius 3 is 2.82 bits per heavy atom. The van der Waals surface area contributed by atoms with Crippen molar-refractivity contribution in [3.8, 4) is 0 Å². The Bertz CT molecular complexity index is 649. The minimum absolute atomic E-state index is 0.0226. The predicted octanol–water partition coefficient (Wildman–Crippen LogP) is 2.84. The lowest BCUT2D eigenvalue weighted by molar-refractivity contribution is -0.132. The average molecular weight is 297 g/mol. The van der Waals surface area contributed by atoms with Gasteiger partial charge in [-0.1, -0.05) is 37.3 Å². The molecule has 1 aliphatic heterocycles. The molecule has 0 aliphatic carbocycles. The zero-order valence-corrected chi connectivity index (χ0v) is 13.3. The van der Waals surface area contributed by atoms with Crippen molar-refractivity contribution in [2.24, 2.45) is 0 Å². The van der Waals surface area contributed by atoms with E-state index in [1.54, 1.807) is 0 Å². The minimum Gasteiger partial charge on any atom is -0.341 e. The number of aromatic amines is 1. The van der Waals surface area contributed by atoms with E-state index in [9.17, 15) is 4.79 Å². The standard InChI is InChI=1S/C18H23N3O/c1-14-12-19-20-17(14)18(2)9-6-10-21(13-18)16(22)11-15-7-4-3-5-8-15/h3-5,7-8,12H,6,9-11,13H2,1-2H3,(H,19,20). The third-order valence-corrected chi connectivity index (χ3v) is 4.68. The lowest BCUT2D eigenvalue weighted by Crippen LogP contribution is -2.48. The molecule has 116 valence electrons. The average Bonchev–Trinajstić information content (AvgIpc) is 2.95. The molecule has 4 heteroatoms. The third-order valence-electron chi connectivity index (χ3n) is 4.68. The Morgan fingerprint density at radius 2 is 2.14 bits per heavy atom. The van der Waals surface area contributed by atoms with Crippen molar-refractivity contribution in [3.05, 3.63) is 53.3 Å². The van der Waals surface area contributed by atoms with Crippen molar-refractivity contribution in [2.75, 3.05) is 13.1 Å². The molecule has 4 nitrogen and oxygen atoms in total. The van der Waals surface area contributed by atoms with Gasteiger partial charge in [0.05, 0.1) is 12.6 Å². The van der Waals surface area contributed by atoms with Crippen LogP contribution in [0.1, 0.15) is 36.6 Å². The van der Waals surface area contributed by atoms with Crippen LogP contribution in [-0.4, -0.2) is 34.1 Å². The van der Waals surface area contributed by atoms with E-state index >= 15 is 0 Å². The molecule has 2 aromatic rings. The van der Waals surface area contributed by atoms with Gasteiger partial charge in [-0.2, -0.15) is 5.10 Å². The number of carbonyl (C=O) groups excluding carboxylic acids is 1. The van der Waals surface area contributed by atoms with Crippen LogP contribution in [-0.2, 0) is 16.6 Å². The Balaban J connectivity index is 1.73. The maximum atomic E-state index is 12.6. The molecule has 1 saturated heterocycles. The first kappa shape index (κ1) is 14.8. The molecule has 1 aromatic heterocycles. The molecule has 2 heterocycles. The summed E-state index contributed by atoms with van der Waals surface area (Å²) in [4.78, 5) is 14.6. The summed E-state index contributed by atoms with van der Waals surface area (Å²) >= 11 is 0. The number of carbonyl (C=O) groups is 1. The van der Waals surface area contributed by atoms with Crippen LogP contribution in [0.3, 0.4) is 0 Å². The van der Waals surface area contributed by atoms with E-state index < -0.39 is 0 Å². The van der Waals surface area contributed by atoms with Gasteiger partial charge in [0.2, 0.25) is 5.91 Å². The van der Waals surface area contributed by atoms with Gasteiger partial charge in [0.25, 0.3) is 0 Å². The molecule has 1 amide bonds. The summed E-state index contributed by atoms with van der Waals surface area (Å²) in [5, 5.41) is 7.29. The van der Waals surface area contributed by atoms with Crippen molar-refractivity contribution in [2.45, 2.75) is 38.5 Å². The van der Waals surface area contributed by atoms with Gasteiger partial charge in [-0.15, -0.1) is 0 Å². The highest BCUT2D eigenvalue weighted by Gasteiger charge is 2.36. The van der Waals surface area contributed by atoms with Gasteiger partial charge in [-0.25, -0.2) is 0 Å². The number of amides is 1. The summed E-state index contributed by atoms with van der Waals surface area (Å²) in [6.45, 7) is 5.93. The van der Waals surface area contributed by atoms with Crippen LogP contribution < -0.4 is 0 Å². The largest absolute Gasteiger partial charge is 0.341 e. The normalized spacial score (nSPS) is 21.8. The maximum absolute atomic E-state index is 12.6. The molecule has 1 atom stereocenters. The van der Waals surface area contributed by atoms with Crippen LogP contribution in [0.15, 0.2) is 36.5 Å². The van der Waals surface area contributed by atoms with Crippen molar-refractivity contribution >= 4 is 5.91 Å². The fraction of sp³-hybridized carbons (Fsp3) is 0.444. The van der Waals surface area contributed by atoms with Crippen molar-refractivity contribution in [1.82, 2.24) is 15.1 Å². The smallest absolute Gasteiger partial charge is 0.227 e. The number of rotatable bonds is 3. The van der Waals surface area contributed by atoms with E-state index in [4.69, 9.17) is 0 Å².